The van der Waals surface area contributed by atoms with Crippen LogP contribution < -0.4 is 15.4 Å². The fourth-order valence-corrected chi connectivity index (χ4v) is 6.57. The van der Waals surface area contributed by atoms with Crippen molar-refractivity contribution >= 4 is 33.3 Å². The maximum atomic E-state index is 14.3. The predicted octanol–water partition coefficient (Wildman–Crippen LogP) is 6.61. The summed E-state index contributed by atoms with van der Waals surface area (Å²) in [5.74, 6) is -0.654. The number of nitrogens with zero attached hydrogens (tertiary/aromatic N) is 2. The number of ether oxygens (including phenoxy) is 2. The molecule has 1 aliphatic heterocycles. The number of likely N-dealkylation sites (N-methyl/N-ethyl adjacent to an activating group) is 1. The summed E-state index contributed by atoms with van der Waals surface area (Å²) in [7, 11) is -2.44. The van der Waals surface area contributed by atoms with E-state index in [2.05, 4.69) is 10.6 Å². The Kier molecular flexibility index (Phi) is 12.4. The second-order valence-electron chi connectivity index (χ2n) is 12.3. The number of carbonyl (C=O) groups is 2. The number of carbonyl (C=O) groups excluding carboxylic acids is 2. The van der Waals surface area contributed by atoms with Gasteiger partial charge in [-0.3, -0.25) is 4.79 Å². The Bertz CT molecular complexity index is 1600. The van der Waals surface area contributed by atoms with Crippen LogP contribution in [0.1, 0.15) is 57.3 Å². The molecule has 1 heterocycles. The van der Waals surface area contributed by atoms with Crippen molar-refractivity contribution in [1.82, 2.24) is 9.21 Å². The normalized spacial score (nSPS) is 19.9. The largest absolute Gasteiger partial charge is 0.490 e. The first-order valence-electron chi connectivity index (χ1n) is 15.9. The Morgan fingerprint density at radius 2 is 1.68 bits per heavy atom. The number of anilines is 2. The van der Waals surface area contributed by atoms with Crippen molar-refractivity contribution in [2.45, 2.75) is 70.1 Å². The molecule has 0 bridgehead atoms. The van der Waals surface area contributed by atoms with Crippen LogP contribution in [-0.2, 0) is 14.8 Å². The van der Waals surface area contributed by atoms with Crippen molar-refractivity contribution in [2.24, 2.45) is 5.92 Å². The highest BCUT2D eigenvalue weighted by Gasteiger charge is 2.31. The fraction of sp³-hybridized carbons (Fsp3) is 0.429. The van der Waals surface area contributed by atoms with Crippen LogP contribution in [0.25, 0.3) is 0 Å². The van der Waals surface area contributed by atoms with E-state index in [1.54, 1.807) is 35.2 Å². The summed E-state index contributed by atoms with van der Waals surface area (Å²) in [5.41, 5.74) is 1.36. The standard InChI is InChI=1S/C35H45FN4O6S/c1-24(2)40-22-25(3)33(23-39(5)47(43,44)30-17-14-27(36)15-18-30)45-20-10-9-11-26(4)46-32-19-16-29(21-31(32)34(40)41)38-35(42)37-28-12-7-6-8-13-28/h6-8,12-19,21,24-26,33H,9-11,20,22-23H2,1-5H3,(H2,37,38,42)/t25-,26+,33+/m1/s1. The Balaban J connectivity index is 1.60. The van der Waals surface area contributed by atoms with E-state index in [9.17, 15) is 22.4 Å². The molecule has 2 N–H and O–H groups in total. The number of para-hydroxylation sites is 1. The van der Waals surface area contributed by atoms with Gasteiger partial charge in [-0.2, -0.15) is 4.31 Å². The van der Waals surface area contributed by atoms with Gasteiger partial charge in [0.2, 0.25) is 10.0 Å². The lowest BCUT2D eigenvalue weighted by Gasteiger charge is -2.35. The van der Waals surface area contributed by atoms with Crippen LogP contribution in [0.5, 0.6) is 5.75 Å². The molecule has 3 aromatic rings. The molecule has 0 aromatic heterocycles. The zero-order valence-corrected chi connectivity index (χ0v) is 28.4. The number of hydrogen-bond acceptors (Lipinski definition) is 6. The molecule has 0 fully saturated rings. The van der Waals surface area contributed by atoms with Gasteiger partial charge in [-0.1, -0.05) is 25.1 Å². The molecule has 1 aliphatic rings. The van der Waals surface area contributed by atoms with Gasteiger partial charge in [-0.15, -0.1) is 0 Å². The number of sulfonamides is 1. The van der Waals surface area contributed by atoms with E-state index in [1.807, 2.05) is 45.9 Å². The number of urea groups is 1. The lowest BCUT2D eigenvalue weighted by atomic mass is 10.0. The highest BCUT2D eigenvalue weighted by molar-refractivity contribution is 7.89. The van der Waals surface area contributed by atoms with Gasteiger partial charge in [0.15, 0.2) is 0 Å². The van der Waals surface area contributed by atoms with Gasteiger partial charge < -0.3 is 25.0 Å². The summed E-state index contributed by atoms with van der Waals surface area (Å²) in [6.07, 6.45) is 1.52. The van der Waals surface area contributed by atoms with Crippen LogP contribution in [0.2, 0.25) is 0 Å². The first-order chi connectivity index (χ1) is 22.3. The maximum Gasteiger partial charge on any atom is 0.323 e. The minimum absolute atomic E-state index is 0.0126. The molecule has 3 atom stereocenters. The van der Waals surface area contributed by atoms with Gasteiger partial charge in [-0.25, -0.2) is 17.6 Å². The van der Waals surface area contributed by atoms with Gasteiger partial charge in [0.1, 0.15) is 11.6 Å². The molecule has 0 radical (unpaired) electrons. The van der Waals surface area contributed by atoms with Crippen molar-refractivity contribution in [3.8, 4) is 5.75 Å². The van der Waals surface area contributed by atoms with Gasteiger partial charge in [0, 0.05) is 50.1 Å². The van der Waals surface area contributed by atoms with Gasteiger partial charge in [0.05, 0.1) is 22.7 Å². The van der Waals surface area contributed by atoms with Crippen LogP contribution in [-0.4, -0.2) is 74.6 Å². The van der Waals surface area contributed by atoms with Gasteiger partial charge in [0.25, 0.3) is 5.91 Å². The number of fused-ring (bicyclic) bond motifs is 1. The molecule has 12 heteroatoms. The van der Waals surface area contributed by atoms with Crippen LogP contribution in [0.4, 0.5) is 20.6 Å². The molecule has 0 saturated carbocycles. The fourth-order valence-electron chi connectivity index (χ4n) is 5.38. The summed E-state index contributed by atoms with van der Waals surface area (Å²) in [5, 5.41) is 5.59. The smallest absolute Gasteiger partial charge is 0.323 e. The number of hydrogen-bond donors (Lipinski definition) is 2. The summed E-state index contributed by atoms with van der Waals surface area (Å²) in [4.78, 5) is 28.7. The molecule has 4 rings (SSSR count). The van der Waals surface area contributed by atoms with Crippen molar-refractivity contribution in [3.63, 3.8) is 0 Å². The van der Waals surface area contributed by atoms with Gasteiger partial charge >= 0.3 is 6.03 Å². The number of amides is 3. The van der Waals surface area contributed by atoms with E-state index in [1.165, 1.54) is 23.5 Å². The number of nitrogens with one attached hydrogen (secondary N) is 2. The first kappa shape index (κ1) is 35.8. The Morgan fingerprint density at radius 1 is 1.00 bits per heavy atom. The molecule has 0 saturated heterocycles. The van der Waals surface area contributed by atoms with E-state index in [4.69, 9.17) is 9.47 Å². The average molecular weight is 669 g/mol. The Labute approximate surface area is 277 Å². The highest BCUT2D eigenvalue weighted by atomic mass is 32.2. The van der Waals surface area contributed by atoms with E-state index in [-0.39, 0.29) is 42.0 Å². The third-order valence-corrected chi connectivity index (χ3v) is 9.96. The summed E-state index contributed by atoms with van der Waals surface area (Å²) in [6.45, 7) is 8.43. The van der Waals surface area contributed by atoms with Crippen LogP contribution in [0.3, 0.4) is 0 Å². The van der Waals surface area contributed by atoms with Crippen LogP contribution >= 0.6 is 0 Å². The topological polar surface area (TPSA) is 117 Å². The lowest BCUT2D eigenvalue weighted by Crippen LogP contribution is -2.46. The van der Waals surface area contributed by atoms with Crippen molar-refractivity contribution in [3.05, 3.63) is 84.2 Å². The SMILES string of the molecule is CC(C)N1C[C@@H](C)[C@H](CN(C)S(=O)(=O)c2ccc(F)cc2)OCCCC[C@H](C)Oc2ccc(NC(=O)Nc3ccccc3)cc2C1=O. The molecule has 0 spiro atoms. The molecular weight excluding hydrogens is 623 g/mol. The van der Waals surface area contributed by atoms with Crippen LogP contribution in [0.15, 0.2) is 77.7 Å². The van der Waals surface area contributed by atoms with E-state index >= 15 is 0 Å². The molecule has 0 aliphatic carbocycles. The van der Waals surface area contributed by atoms with Crippen molar-refractivity contribution < 1.29 is 31.9 Å². The quantitative estimate of drug-likeness (QED) is 0.293. The van der Waals surface area contributed by atoms with E-state index in [0.717, 1.165) is 25.0 Å². The Hall–Kier alpha value is -4.00. The second kappa shape index (κ2) is 16.2. The number of rotatable bonds is 7. The molecule has 47 heavy (non-hydrogen) atoms. The van der Waals surface area contributed by atoms with Gasteiger partial charge in [-0.05, 0) is 94.6 Å². The zero-order chi connectivity index (χ0) is 34.1. The minimum atomic E-state index is -3.91. The van der Waals surface area contributed by atoms with E-state index in [0.29, 0.717) is 35.7 Å². The summed E-state index contributed by atoms with van der Waals surface area (Å²) >= 11 is 0. The minimum Gasteiger partial charge on any atom is -0.490 e. The Morgan fingerprint density at radius 3 is 2.36 bits per heavy atom. The molecule has 254 valence electrons. The molecule has 0 unspecified atom stereocenters. The molecule has 3 amide bonds. The van der Waals surface area contributed by atoms with Crippen LogP contribution in [0, 0.1) is 11.7 Å². The molecular formula is C35H45FN4O6S. The van der Waals surface area contributed by atoms with Crippen molar-refractivity contribution in [1.29, 1.82) is 0 Å². The second-order valence-corrected chi connectivity index (χ2v) is 14.3. The molecule has 3 aromatic carbocycles. The first-order valence-corrected chi connectivity index (χ1v) is 17.4. The maximum absolute atomic E-state index is 14.3. The third kappa shape index (κ3) is 9.75. The summed E-state index contributed by atoms with van der Waals surface area (Å²) < 4.78 is 53.9. The zero-order valence-electron chi connectivity index (χ0n) is 27.6. The highest BCUT2D eigenvalue weighted by Crippen LogP contribution is 2.29. The molecule has 10 nitrogen and oxygen atoms in total. The average Bonchev–Trinajstić information content (AvgIpc) is 3.03. The third-order valence-electron chi connectivity index (χ3n) is 8.13. The lowest BCUT2D eigenvalue weighted by molar-refractivity contribution is -0.00544. The van der Waals surface area contributed by atoms with E-state index < -0.39 is 28.0 Å². The van der Waals surface area contributed by atoms with Crippen molar-refractivity contribution in [2.75, 3.05) is 37.4 Å². The number of benzene rings is 3. The monoisotopic (exact) mass is 668 g/mol. The predicted molar refractivity (Wildman–Crippen MR) is 181 cm³/mol. The summed E-state index contributed by atoms with van der Waals surface area (Å²) in [6, 6.07) is 18.1. The number of halogens is 1.